The van der Waals surface area contributed by atoms with Crippen molar-refractivity contribution in [2.75, 3.05) is 45.6 Å². The predicted molar refractivity (Wildman–Crippen MR) is 118 cm³/mol. The second-order valence-corrected chi connectivity index (χ2v) is 11.7. The zero-order chi connectivity index (χ0) is 22.1. The van der Waals surface area contributed by atoms with E-state index in [4.69, 9.17) is 4.74 Å². The molecule has 12 heteroatoms. The maximum atomic E-state index is 13.1. The van der Waals surface area contributed by atoms with Crippen molar-refractivity contribution in [3.8, 4) is 5.75 Å². The lowest BCUT2D eigenvalue weighted by Gasteiger charge is -2.33. The zero-order valence-corrected chi connectivity index (χ0v) is 19.3. The van der Waals surface area contributed by atoms with Crippen molar-refractivity contribution in [2.24, 2.45) is 0 Å². The number of fused-ring (bicyclic) bond motifs is 1. The Morgan fingerprint density at radius 3 is 2.48 bits per heavy atom. The van der Waals surface area contributed by atoms with Gasteiger partial charge in [-0.05, 0) is 30.3 Å². The molecule has 0 saturated carbocycles. The minimum absolute atomic E-state index is 0.0449. The molecular formula is C19H22N4O5S3. The monoisotopic (exact) mass is 482 g/mol. The molecule has 1 fully saturated rings. The highest BCUT2D eigenvalue weighted by Crippen LogP contribution is 2.25. The van der Waals surface area contributed by atoms with Crippen molar-refractivity contribution in [2.45, 2.75) is 9.79 Å². The average Bonchev–Trinajstić information content (AvgIpc) is 3.27. The average molecular weight is 483 g/mol. The van der Waals surface area contributed by atoms with Crippen LogP contribution in [0.2, 0.25) is 0 Å². The molecule has 0 radical (unpaired) electrons. The third-order valence-electron chi connectivity index (χ3n) is 5.27. The largest absolute Gasteiger partial charge is 0.497 e. The van der Waals surface area contributed by atoms with Gasteiger partial charge in [0.1, 0.15) is 21.7 Å². The number of methoxy groups -OCH3 is 1. The SMILES string of the molecule is COc1cccc(S(=O)(=O)CCN2CCN(S(=O)(=O)c3cccc4nsnc34)CC2)c1. The van der Waals surface area contributed by atoms with Crippen LogP contribution in [0.5, 0.6) is 5.75 Å². The Morgan fingerprint density at radius 2 is 1.74 bits per heavy atom. The standard InChI is InChI=1S/C19H22N4O5S3/c1-28-15-4-2-5-16(14-15)30(24,25)13-12-22-8-10-23(11-9-22)31(26,27)18-7-3-6-17-19(18)21-29-20-17/h2-7,14H,8-13H2,1H3. The highest BCUT2D eigenvalue weighted by atomic mass is 32.2. The number of hydrogen-bond donors (Lipinski definition) is 0. The first kappa shape index (κ1) is 22.1. The highest BCUT2D eigenvalue weighted by molar-refractivity contribution is 7.91. The lowest BCUT2D eigenvalue weighted by Crippen LogP contribution is -2.49. The molecule has 4 rings (SSSR count). The minimum atomic E-state index is -3.70. The van der Waals surface area contributed by atoms with Crippen LogP contribution >= 0.6 is 11.7 Å². The number of aromatic nitrogens is 2. The number of sulfone groups is 1. The van der Waals surface area contributed by atoms with Crippen LogP contribution in [0.3, 0.4) is 0 Å². The Balaban J connectivity index is 1.39. The van der Waals surface area contributed by atoms with Crippen LogP contribution in [0.25, 0.3) is 11.0 Å². The summed E-state index contributed by atoms with van der Waals surface area (Å²) in [7, 11) is -5.67. The summed E-state index contributed by atoms with van der Waals surface area (Å²) in [6.45, 7) is 1.82. The van der Waals surface area contributed by atoms with Gasteiger partial charge in [0.25, 0.3) is 0 Å². The molecule has 31 heavy (non-hydrogen) atoms. The van der Waals surface area contributed by atoms with Crippen molar-refractivity contribution >= 4 is 42.6 Å². The Bertz CT molecular complexity index is 1280. The lowest BCUT2D eigenvalue weighted by molar-refractivity contribution is 0.197. The van der Waals surface area contributed by atoms with Crippen LogP contribution in [0, 0.1) is 0 Å². The molecule has 0 N–H and O–H groups in total. The van der Waals surface area contributed by atoms with Gasteiger partial charge in [-0.1, -0.05) is 12.1 Å². The Kier molecular flexibility index (Phi) is 6.26. The number of sulfonamides is 1. The molecule has 2 heterocycles. The van der Waals surface area contributed by atoms with Crippen molar-refractivity contribution in [3.05, 3.63) is 42.5 Å². The Hall–Kier alpha value is -2.12. The van der Waals surface area contributed by atoms with E-state index in [0.717, 1.165) is 11.7 Å². The molecule has 1 saturated heterocycles. The van der Waals surface area contributed by atoms with Crippen LogP contribution in [0.15, 0.2) is 52.3 Å². The molecular weight excluding hydrogens is 460 g/mol. The summed E-state index contributed by atoms with van der Waals surface area (Å²) in [6.07, 6.45) is 0. The van der Waals surface area contributed by atoms with Crippen molar-refractivity contribution in [3.63, 3.8) is 0 Å². The summed E-state index contributed by atoms with van der Waals surface area (Å²) in [6, 6.07) is 11.3. The third kappa shape index (κ3) is 4.58. The first-order valence-electron chi connectivity index (χ1n) is 9.62. The molecule has 1 aliphatic heterocycles. The first-order valence-corrected chi connectivity index (χ1v) is 13.4. The molecule has 166 valence electrons. The van der Waals surface area contributed by atoms with Gasteiger partial charge in [-0.25, -0.2) is 16.8 Å². The lowest BCUT2D eigenvalue weighted by atomic mass is 10.3. The molecule has 2 aromatic carbocycles. The van der Waals surface area contributed by atoms with Gasteiger partial charge in [0.2, 0.25) is 10.0 Å². The van der Waals surface area contributed by atoms with Gasteiger partial charge in [0, 0.05) is 32.7 Å². The summed E-state index contributed by atoms with van der Waals surface area (Å²) in [5.41, 5.74) is 0.951. The number of hydrogen-bond acceptors (Lipinski definition) is 9. The molecule has 0 aliphatic carbocycles. The summed E-state index contributed by atoms with van der Waals surface area (Å²) in [5, 5.41) is 0. The molecule has 1 aliphatic rings. The molecule has 0 spiro atoms. The first-order chi connectivity index (χ1) is 14.8. The number of nitrogens with zero attached hydrogens (tertiary/aromatic N) is 4. The van der Waals surface area contributed by atoms with Crippen LogP contribution in [0.1, 0.15) is 0 Å². The Labute approximate surface area is 185 Å². The van der Waals surface area contributed by atoms with Gasteiger partial charge >= 0.3 is 0 Å². The van der Waals surface area contributed by atoms with Crippen molar-refractivity contribution in [1.82, 2.24) is 18.0 Å². The van der Waals surface area contributed by atoms with Crippen molar-refractivity contribution < 1.29 is 21.6 Å². The smallest absolute Gasteiger partial charge is 0.245 e. The summed E-state index contributed by atoms with van der Waals surface area (Å²) < 4.78 is 66.3. The van der Waals surface area contributed by atoms with Crippen LogP contribution in [-0.4, -0.2) is 80.4 Å². The number of piperazine rings is 1. The molecule has 0 unspecified atom stereocenters. The number of ether oxygens (including phenoxy) is 1. The fourth-order valence-corrected chi connectivity index (χ4v) is 6.97. The van der Waals surface area contributed by atoms with E-state index in [1.165, 1.54) is 17.5 Å². The minimum Gasteiger partial charge on any atom is -0.497 e. The van der Waals surface area contributed by atoms with Gasteiger partial charge in [-0.2, -0.15) is 13.1 Å². The summed E-state index contributed by atoms with van der Waals surface area (Å²) >= 11 is 0.984. The van der Waals surface area contributed by atoms with Crippen molar-refractivity contribution in [1.29, 1.82) is 0 Å². The fourth-order valence-electron chi connectivity index (χ4n) is 3.48. The zero-order valence-electron chi connectivity index (χ0n) is 16.8. The van der Waals surface area contributed by atoms with E-state index in [1.807, 2.05) is 4.90 Å². The number of benzene rings is 2. The number of rotatable bonds is 7. The molecule has 1 aromatic heterocycles. The van der Waals surface area contributed by atoms with Gasteiger partial charge in [0.15, 0.2) is 9.84 Å². The molecule has 0 bridgehead atoms. The molecule has 3 aromatic rings. The summed E-state index contributed by atoms with van der Waals surface area (Å²) in [4.78, 5) is 2.35. The van der Waals surface area contributed by atoms with Gasteiger partial charge in [-0.15, -0.1) is 0 Å². The van der Waals surface area contributed by atoms with Crippen LogP contribution in [0.4, 0.5) is 0 Å². The second-order valence-electron chi connectivity index (χ2n) is 7.13. The molecule has 0 amide bonds. The van der Waals surface area contributed by atoms with Crippen LogP contribution < -0.4 is 4.74 Å². The van der Waals surface area contributed by atoms with E-state index in [2.05, 4.69) is 8.75 Å². The third-order valence-corrected chi connectivity index (χ3v) is 9.44. The van der Waals surface area contributed by atoms with E-state index in [-0.39, 0.29) is 28.6 Å². The highest BCUT2D eigenvalue weighted by Gasteiger charge is 2.31. The van der Waals surface area contributed by atoms with Gasteiger partial charge in [0.05, 0.1) is 29.5 Å². The van der Waals surface area contributed by atoms with E-state index >= 15 is 0 Å². The van der Waals surface area contributed by atoms with Crippen LogP contribution in [-0.2, 0) is 19.9 Å². The van der Waals surface area contributed by atoms with Gasteiger partial charge in [-0.3, -0.25) is 4.90 Å². The maximum absolute atomic E-state index is 13.1. The van der Waals surface area contributed by atoms with Gasteiger partial charge < -0.3 is 4.74 Å². The topological polar surface area (TPSA) is 110 Å². The van der Waals surface area contributed by atoms with E-state index in [0.29, 0.717) is 36.4 Å². The molecule has 9 nitrogen and oxygen atoms in total. The summed E-state index contributed by atoms with van der Waals surface area (Å²) in [5.74, 6) is 0.446. The maximum Gasteiger partial charge on any atom is 0.245 e. The Morgan fingerprint density at radius 1 is 1.00 bits per heavy atom. The molecule has 0 atom stereocenters. The van der Waals surface area contributed by atoms with E-state index in [1.54, 1.807) is 36.4 Å². The second kappa shape index (κ2) is 8.79. The van der Waals surface area contributed by atoms with E-state index < -0.39 is 19.9 Å². The predicted octanol–water partition coefficient (Wildman–Crippen LogP) is 1.48. The van der Waals surface area contributed by atoms with E-state index in [9.17, 15) is 16.8 Å². The normalized spacial score (nSPS) is 16.5. The quantitative estimate of drug-likeness (QED) is 0.498. The fraction of sp³-hybridized carbons (Fsp3) is 0.368.